The van der Waals surface area contributed by atoms with E-state index in [1.807, 2.05) is 0 Å². The SMILES string of the molecule is Cc1cc(C)c2c(CC3CN(C)CCN3)c[nH]c2c1. The molecule has 1 aromatic carbocycles. The summed E-state index contributed by atoms with van der Waals surface area (Å²) >= 11 is 0. The van der Waals surface area contributed by atoms with Gasteiger partial charge in [0.05, 0.1) is 0 Å². The van der Waals surface area contributed by atoms with Gasteiger partial charge in [-0.05, 0) is 50.1 Å². The summed E-state index contributed by atoms with van der Waals surface area (Å²) in [5.41, 5.74) is 5.43. The predicted octanol–water partition coefficient (Wildman–Crippen LogP) is 2.23. The van der Waals surface area contributed by atoms with Crippen LogP contribution in [-0.4, -0.2) is 42.6 Å². The minimum absolute atomic E-state index is 0.568. The average Bonchev–Trinajstić information content (AvgIpc) is 2.72. The Kier molecular flexibility index (Phi) is 3.33. The molecule has 19 heavy (non-hydrogen) atoms. The van der Waals surface area contributed by atoms with Crippen molar-refractivity contribution in [1.29, 1.82) is 0 Å². The number of hydrogen-bond donors (Lipinski definition) is 2. The van der Waals surface area contributed by atoms with Gasteiger partial charge < -0.3 is 15.2 Å². The molecule has 2 aromatic rings. The largest absolute Gasteiger partial charge is 0.361 e. The van der Waals surface area contributed by atoms with E-state index in [1.54, 1.807) is 0 Å². The molecule has 0 amide bonds. The third kappa shape index (κ3) is 2.53. The molecule has 3 rings (SSSR count). The lowest BCUT2D eigenvalue weighted by atomic mass is 9.99. The topological polar surface area (TPSA) is 31.1 Å². The minimum atomic E-state index is 0.568. The van der Waals surface area contributed by atoms with E-state index < -0.39 is 0 Å². The quantitative estimate of drug-likeness (QED) is 0.864. The molecule has 1 atom stereocenters. The summed E-state index contributed by atoms with van der Waals surface area (Å²) in [6, 6.07) is 5.09. The Hall–Kier alpha value is -1.32. The highest BCUT2D eigenvalue weighted by molar-refractivity contribution is 5.87. The molecular weight excluding hydrogens is 234 g/mol. The van der Waals surface area contributed by atoms with E-state index in [-0.39, 0.29) is 0 Å². The number of hydrogen-bond acceptors (Lipinski definition) is 2. The van der Waals surface area contributed by atoms with E-state index in [2.05, 4.69) is 54.4 Å². The highest BCUT2D eigenvalue weighted by atomic mass is 15.2. The number of rotatable bonds is 2. The number of nitrogens with one attached hydrogen (secondary N) is 2. The highest BCUT2D eigenvalue weighted by Crippen LogP contribution is 2.25. The van der Waals surface area contributed by atoms with E-state index in [4.69, 9.17) is 0 Å². The lowest BCUT2D eigenvalue weighted by Crippen LogP contribution is -2.49. The highest BCUT2D eigenvalue weighted by Gasteiger charge is 2.18. The third-order valence-electron chi connectivity index (χ3n) is 4.13. The fraction of sp³-hybridized carbons (Fsp3) is 0.500. The van der Waals surface area contributed by atoms with Crippen molar-refractivity contribution in [2.45, 2.75) is 26.3 Å². The fourth-order valence-electron chi connectivity index (χ4n) is 3.30. The zero-order valence-corrected chi connectivity index (χ0v) is 12.1. The van der Waals surface area contributed by atoms with Crippen molar-refractivity contribution in [3.8, 4) is 0 Å². The predicted molar refractivity (Wildman–Crippen MR) is 80.8 cm³/mol. The first kappa shape index (κ1) is 12.7. The van der Waals surface area contributed by atoms with Crippen molar-refractivity contribution in [1.82, 2.24) is 15.2 Å². The molecule has 3 nitrogen and oxygen atoms in total. The van der Waals surface area contributed by atoms with Gasteiger partial charge in [-0.3, -0.25) is 0 Å². The maximum Gasteiger partial charge on any atom is 0.0462 e. The van der Waals surface area contributed by atoms with Crippen LogP contribution in [0.25, 0.3) is 10.9 Å². The molecule has 0 aliphatic carbocycles. The first-order chi connectivity index (χ1) is 9.13. The lowest BCUT2D eigenvalue weighted by Gasteiger charge is -2.30. The summed E-state index contributed by atoms with van der Waals surface area (Å²) in [6.45, 7) is 7.76. The summed E-state index contributed by atoms with van der Waals surface area (Å²) in [7, 11) is 2.21. The standard InChI is InChI=1S/C16H23N3/c1-11-6-12(2)16-13(9-18-15(16)7-11)8-14-10-19(3)5-4-17-14/h6-7,9,14,17-18H,4-5,8,10H2,1-3H3. The van der Waals surface area contributed by atoms with Crippen LogP contribution in [0, 0.1) is 13.8 Å². The van der Waals surface area contributed by atoms with Gasteiger partial charge >= 0.3 is 0 Å². The van der Waals surface area contributed by atoms with Crippen molar-refractivity contribution < 1.29 is 0 Å². The van der Waals surface area contributed by atoms with E-state index in [0.29, 0.717) is 6.04 Å². The Bertz CT molecular complexity index is 585. The number of likely N-dealkylation sites (N-methyl/N-ethyl adjacent to an activating group) is 1. The number of nitrogens with zero attached hydrogens (tertiary/aromatic N) is 1. The van der Waals surface area contributed by atoms with E-state index in [0.717, 1.165) is 26.1 Å². The number of piperazine rings is 1. The van der Waals surface area contributed by atoms with E-state index in [9.17, 15) is 0 Å². The number of aromatic amines is 1. The second-order valence-corrected chi connectivity index (χ2v) is 5.94. The Balaban J connectivity index is 1.89. The van der Waals surface area contributed by atoms with Crippen LogP contribution in [0.2, 0.25) is 0 Å². The molecule has 1 aliphatic rings. The summed E-state index contributed by atoms with van der Waals surface area (Å²) in [5.74, 6) is 0. The summed E-state index contributed by atoms with van der Waals surface area (Å²) in [6.07, 6.45) is 3.29. The zero-order valence-electron chi connectivity index (χ0n) is 12.1. The summed E-state index contributed by atoms with van der Waals surface area (Å²) in [4.78, 5) is 5.84. The van der Waals surface area contributed by atoms with Gasteiger partial charge in [0.15, 0.2) is 0 Å². The lowest BCUT2D eigenvalue weighted by molar-refractivity contribution is 0.238. The summed E-state index contributed by atoms with van der Waals surface area (Å²) in [5, 5.41) is 5.05. The van der Waals surface area contributed by atoms with Gasteiger partial charge in [0, 0.05) is 42.8 Å². The molecule has 0 spiro atoms. The molecule has 0 bridgehead atoms. The van der Waals surface area contributed by atoms with Crippen molar-refractivity contribution >= 4 is 10.9 Å². The van der Waals surface area contributed by atoms with Gasteiger partial charge in [0.25, 0.3) is 0 Å². The Labute approximate surface area is 115 Å². The van der Waals surface area contributed by atoms with E-state index in [1.165, 1.54) is 27.6 Å². The molecule has 1 saturated heterocycles. The maximum atomic E-state index is 3.63. The van der Waals surface area contributed by atoms with Crippen LogP contribution < -0.4 is 5.32 Å². The second kappa shape index (κ2) is 4.99. The average molecular weight is 257 g/mol. The number of benzene rings is 1. The number of H-pyrrole nitrogens is 1. The van der Waals surface area contributed by atoms with Gasteiger partial charge in [0.1, 0.15) is 0 Å². The first-order valence-electron chi connectivity index (χ1n) is 7.12. The minimum Gasteiger partial charge on any atom is -0.361 e. The normalized spacial score (nSPS) is 21.1. The third-order valence-corrected chi connectivity index (χ3v) is 4.13. The van der Waals surface area contributed by atoms with Crippen molar-refractivity contribution in [2.24, 2.45) is 0 Å². The van der Waals surface area contributed by atoms with Crippen LogP contribution in [0.3, 0.4) is 0 Å². The monoisotopic (exact) mass is 257 g/mol. The Morgan fingerprint density at radius 2 is 2.16 bits per heavy atom. The number of aromatic nitrogens is 1. The van der Waals surface area contributed by atoms with Crippen molar-refractivity contribution in [2.75, 3.05) is 26.7 Å². The molecule has 0 saturated carbocycles. The maximum absolute atomic E-state index is 3.63. The van der Waals surface area contributed by atoms with Crippen LogP contribution in [0.1, 0.15) is 16.7 Å². The van der Waals surface area contributed by atoms with Crippen LogP contribution in [-0.2, 0) is 6.42 Å². The number of aryl methyl sites for hydroxylation is 2. The molecule has 0 radical (unpaired) electrons. The van der Waals surface area contributed by atoms with Gasteiger partial charge in [0.2, 0.25) is 0 Å². The molecule has 2 N–H and O–H groups in total. The van der Waals surface area contributed by atoms with Gasteiger partial charge in [-0.1, -0.05) is 6.07 Å². The van der Waals surface area contributed by atoms with Crippen LogP contribution in [0.15, 0.2) is 18.3 Å². The molecule has 1 aromatic heterocycles. The second-order valence-electron chi connectivity index (χ2n) is 5.94. The van der Waals surface area contributed by atoms with Crippen molar-refractivity contribution in [3.05, 3.63) is 35.0 Å². The molecule has 3 heteroatoms. The van der Waals surface area contributed by atoms with E-state index >= 15 is 0 Å². The molecule has 102 valence electrons. The first-order valence-corrected chi connectivity index (χ1v) is 7.12. The zero-order chi connectivity index (χ0) is 13.4. The fourth-order valence-corrected chi connectivity index (χ4v) is 3.30. The van der Waals surface area contributed by atoms with Crippen LogP contribution in [0.4, 0.5) is 0 Å². The smallest absolute Gasteiger partial charge is 0.0462 e. The van der Waals surface area contributed by atoms with Crippen LogP contribution >= 0.6 is 0 Å². The Morgan fingerprint density at radius 1 is 1.32 bits per heavy atom. The summed E-state index contributed by atoms with van der Waals surface area (Å²) < 4.78 is 0. The molecule has 1 aliphatic heterocycles. The van der Waals surface area contributed by atoms with Crippen LogP contribution in [0.5, 0.6) is 0 Å². The Morgan fingerprint density at radius 3 is 2.95 bits per heavy atom. The molecular formula is C16H23N3. The van der Waals surface area contributed by atoms with Gasteiger partial charge in [-0.15, -0.1) is 0 Å². The van der Waals surface area contributed by atoms with Crippen molar-refractivity contribution in [3.63, 3.8) is 0 Å². The van der Waals surface area contributed by atoms with Gasteiger partial charge in [-0.25, -0.2) is 0 Å². The molecule has 2 heterocycles. The molecule has 1 unspecified atom stereocenters. The van der Waals surface area contributed by atoms with Gasteiger partial charge in [-0.2, -0.15) is 0 Å². The number of fused-ring (bicyclic) bond motifs is 1. The molecule has 1 fully saturated rings.